The first-order valence-electron chi connectivity index (χ1n) is 6.28. The molecule has 7 nitrogen and oxygen atoms in total. The van der Waals surface area contributed by atoms with Gasteiger partial charge in [0.1, 0.15) is 0 Å². The molecule has 1 unspecified atom stereocenters. The van der Waals surface area contributed by atoms with Gasteiger partial charge in [0.05, 0.1) is 6.04 Å². The molecule has 104 valence electrons. The largest absolute Gasteiger partial charge is 0.339 e. The Morgan fingerprint density at radius 2 is 1.83 bits per heavy atom. The highest BCUT2D eigenvalue weighted by Gasteiger charge is 2.30. The minimum Gasteiger partial charge on any atom is -0.339 e. The van der Waals surface area contributed by atoms with Crippen molar-refractivity contribution in [1.29, 1.82) is 0 Å². The molecule has 1 atom stereocenters. The highest BCUT2D eigenvalue weighted by atomic mass is 32.2. The zero-order chi connectivity index (χ0) is 13.2. The maximum absolute atomic E-state index is 12.2. The fourth-order valence-electron chi connectivity index (χ4n) is 2.45. The zero-order valence-corrected chi connectivity index (χ0v) is 11.2. The molecule has 18 heavy (non-hydrogen) atoms. The molecule has 3 N–H and O–H groups in total. The van der Waals surface area contributed by atoms with Gasteiger partial charge in [-0.3, -0.25) is 4.79 Å². The van der Waals surface area contributed by atoms with Gasteiger partial charge in [-0.25, -0.2) is 5.14 Å². The highest BCUT2D eigenvalue weighted by Crippen LogP contribution is 2.12. The van der Waals surface area contributed by atoms with Gasteiger partial charge in [0.2, 0.25) is 5.91 Å². The van der Waals surface area contributed by atoms with Crippen LogP contribution < -0.4 is 10.5 Å². The Labute approximate surface area is 107 Å². The molecule has 2 heterocycles. The average Bonchev–Trinajstić information content (AvgIpc) is 2.38. The van der Waals surface area contributed by atoms with Gasteiger partial charge >= 0.3 is 0 Å². The first-order chi connectivity index (χ1) is 8.48. The number of carbonyl (C=O) groups excluding carboxylic acids is 1. The van der Waals surface area contributed by atoms with Crippen LogP contribution in [0.15, 0.2) is 0 Å². The Morgan fingerprint density at radius 1 is 1.17 bits per heavy atom. The van der Waals surface area contributed by atoms with E-state index in [1.165, 1.54) is 4.31 Å². The standard InChI is InChI=1S/C10H20N4O3S/c11-18(16,17)14-7-5-13(6-8-14)10(15)9-3-1-2-4-12-9/h9,12H,1-8H2,(H2,11,16,17). The normalized spacial score (nSPS) is 27.2. The molecule has 0 aliphatic carbocycles. The van der Waals surface area contributed by atoms with E-state index >= 15 is 0 Å². The van der Waals surface area contributed by atoms with Crippen LogP contribution in [-0.2, 0) is 15.0 Å². The van der Waals surface area contributed by atoms with Crippen LogP contribution in [0, 0.1) is 0 Å². The van der Waals surface area contributed by atoms with E-state index in [9.17, 15) is 13.2 Å². The fraction of sp³-hybridized carbons (Fsp3) is 0.900. The summed E-state index contributed by atoms with van der Waals surface area (Å²) in [5.74, 6) is 0.0868. The predicted octanol–water partition coefficient (Wildman–Crippen LogP) is -1.52. The number of nitrogens with one attached hydrogen (secondary N) is 1. The van der Waals surface area contributed by atoms with Gasteiger partial charge < -0.3 is 10.2 Å². The summed E-state index contributed by atoms with van der Waals surface area (Å²) >= 11 is 0. The lowest BCUT2D eigenvalue weighted by molar-refractivity contribution is -0.135. The van der Waals surface area contributed by atoms with Crippen molar-refractivity contribution in [2.75, 3.05) is 32.7 Å². The van der Waals surface area contributed by atoms with Crippen LogP contribution in [0.1, 0.15) is 19.3 Å². The summed E-state index contributed by atoms with van der Waals surface area (Å²) in [5.41, 5.74) is 0. The molecule has 0 spiro atoms. The molecule has 8 heteroatoms. The topological polar surface area (TPSA) is 95.7 Å². The fourth-order valence-corrected chi connectivity index (χ4v) is 3.12. The Balaban J connectivity index is 1.87. The van der Waals surface area contributed by atoms with Crippen molar-refractivity contribution >= 4 is 16.1 Å². The molecular weight excluding hydrogens is 256 g/mol. The molecular formula is C10H20N4O3S. The van der Waals surface area contributed by atoms with E-state index < -0.39 is 10.2 Å². The van der Waals surface area contributed by atoms with E-state index in [-0.39, 0.29) is 25.0 Å². The van der Waals surface area contributed by atoms with Crippen molar-refractivity contribution in [3.8, 4) is 0 Å². The zero-order valence-electron chi connectivity index (χ0n) is 10.3. The van der Waals surface area contributed by atoms with Crippen molar-refractivity contribution in [2.45, 2.75) is 25.3 Å². The third-order valence-corrected chi connectivity index (χ3v) is 4.60. The third-order valence-electron chi connectivity index (χ3n) is 3.52. The molecule has 2 fully saturated rings. The molecule has 2 aliphatic rings. The predicted molar refractivity (Wildman–Crippen MR) is 66.9 cm³/mol. The summed E-state index contributed by atoms with van der Waals surface area (Å²) < 4.78 is 23.5. The van der Waals surface area contributed by atoms with Gasteiger partial charge in [-0.05, 0) is 19.4 Å². The van der Waals surface area contributed by atoms with Crippen molar-refractivity contribution in [1.82, 2.24) is 14.5 Å². The molecule has 2 aliphatic heterocycles. The van der Waals surface area contributed by atoms with Crippen LogP contribution in [0.4, 0.5) is 0 Å². The quantitative estimate of drug-likeness (QED) is 0.640. The Kier molecular flexibility index (Phi) is 4.21. The van der Waals surface area contributed by atoms with E-state index in [4.69, 9.17) is 5.14 Å². The van der Waals surface area contributed by atoms with Gasteiger partial charge in [-0.2, -0.15) is 12.7 Å². The van der Waals surface area contributed by atoms with Crippen molar-refractivity contribution in [2.24, 2.45) is 5.14 Å². The van der Waals surface area contributed by atoms with Crippen LogP contribution in [-0.4, -0.2) is 62.3 Å². The van der Waals surface area contributed by atoms with Crippen LogP contribution >= 0.6 is 0 Å². The molecule has 0 bridgehead atoms. The lowest BCUT2D eigenvalue weighted by Gasteiger charge is -2.36. The maximum atomic E-state index is 12.2. The third kappa shape index (κ3) is 3.19. The molecule has 0 radical (unpaired) electrons. The number of nitrogens with two attached hydrogens (primary N) is 1. The first-order valence-corrected chi connectivity index (χ1v) is 7.79. The second-order valence-electron chi connectivity index (χ2n) is 4.77. The van der Waals surface area contributed by atoms with Gasteiger partial charge in [0.25, 0.3) is 10.2 Å². The molecule has 1 amide bonds. The first kappa shape index (κ1) is 13.7. The Morgan fingerprint density at radius 3 is 2.33 bits per heavy atom. The number of carbonyl (C=O) groups is 1. The van der Waals surface area contributed by atoms with Crippen molar-refractivity contribution < 1.29 is 13.2 Å². The van der Waals surface area contributed by atoms with Crippen molar-refractivity contribution in [3.05, 3.63) is 0 Å². The van der Waals surface area contributed by atoms with E-state index in [1.807, 2.05) is 0 Å². The second kappa shape index (κ2) is 5.52. The minimum absolute atomic E-state index is 0.0868. The summed E-state index contributed by atoms with van der Waals surface area (Å²) in [6.07, 6.45) is 3.05. The average molecular weight is 276 g/mol. The molecule has 2 rings (SSSR count). The lowest BCUT2D eigenvalue weighted by Crippen LogP contribution is -2.56. The SMILES string of the molecule is NS(=O)(=O)N1CCN(C(=O)C2CCCCN2)CC1. The molecule has 2 saturated heterocycles. The Bertz CT molecular complexity index is 397. The monoisotopic (exact) mass is 276 g/mol. The number of piperazine rings is 1. The number of nitrogens with zero attached hydrogens (tertiary/aromatic N) is 2. The summed E-state index contributed by atoms with van der Waals surface area (Å²) in [4.78, 5) is 13.9. The van der Waals surface area contributed by atoms with Gasteiger partial charge in [-0.15, -0.1) is 0 Å². The van der Waals surface area contributed by atoms with Gasteiger partial charge in [0, 0.05) is 26.2 Å². The summed E-state index contributed by atoms with van der Waals surface area (Å²) in [6.45, 7) is 2.31. The smallest absolute Gasteiger partial charge is 0.277 e. The molecule has 0 aromatic carbocycles. The van der Waals surface area contributed by atoms with Crippen LogP contribution in [0.25, 0.3) is 0 Å². The van der Waals surface area contributed by atoms with Crippen LogP contribution in [0.5, 0.6) is 0 Å². The number of piperidine rings is 1. The summed E-state index contributed by atoms with van der Waals surface area (Å²) in [5, 5.41) is 8.27. The molecule has 0 aromatic rings. The Hall–Kier alpha value is -0.700. The highest BCUT2D eigenvalue weighted by molar-refractivity contribution is 7.86. The second-order valence-corrected chi connectivity index (χ2v) is 6.32. The van der Waals surface area contributed by atoms with Gasteiger partial charge in [-0.1, -0.05) is 6.42 Å². The number of hydrogen-bond donors (Lipinski definition) is 2. The lowest BCUT2D eigenvalue weighted by atomic mass is 10.0. The molecule has 0 aromatic heterocycles. The summed E-state index contributed by atoms with van der Waals surface area (Å²) in [7, 11) is -3.62. The van der Waals surface area contributed by atoms with E-state index in [2.05, 4.69) is 5.32 Å². The van der Waals surface area contributed by atoms with E-state index in [0.29, 0.717) is 13.1 Å². The number of hydrogen-bond acceptors (Lipinski definition) is 4. The number of amides is 1. The van der Waals surface area contributed by atoms with Crippen molar-refractivity contribution in [3.63, 3.8) is 0 Å². The summed E-state index contributed by atoms with van der Waals surface area (Å²) in [6, 6.07) is -0.0974. The van der Waals surface area contributed by atoms with Crippen LogP contribution in [0.3, 0.4) is 0 Å². The minimum atomic E-state index is -3.62. The van der Waals surface area contributed by atoms with Gasteiger partial charge in [0.15, 0.2) is 0 Å². The maximum Gasteiger partial charge on any atom is 0.277 e. The molecule has 0 saturated carbocycles. The van der Waals surface area contributed by atoms with E-state index in [0.717, 1.165) is 25.8 Å². The number of rotatable bonds is 2. The van der Waals surface area contributed by atoms with Crippen LogP contribution in [0.2, 0.25) is 0 Å². The van der Waals surface area contributed by atoms with E-state index in [1.54, 1.807) is 4.90 Å².